The molecule has 4 aromatic rings. The quantitative estimate of drug-likeness (QED) is 0.0780. The van der Waals surface area contributed by atoms with Crippen LogP contribution in [0.25, 0.3) is 10.8 Å². The molecular weight excluding hydrogens is 982 g/mol. The maximum absolute atomic E-state index is 13.3. The molecular formula is C48H60Br2ClN7O7. The molecule has 1 amide bonds. The summed E-state index contributed by atoms with van der Waals surface area (Å²) in [5.74, 6) is 1.57. The second-order valence-corrected chi connectivity index (χ2v) is 19.5. The zero-order valence-electron chi connectivity index (χ0n) is 37.6. The monoisotopic (exact) mass is 1040 g/mol. The van der Waals surface area contributed by atoms with Gasteiger partial charge in [0, 0.05) is 62.0 Å². The molecule has 3 aromatic carbocycles. The number of halogens is 3. The molecule has 0 N–H and O–H groups in total. The molecule has 0 radical (unpaired) electrons. The summed E-state index contributed by atoms with van der Waals surface area (Å²) in [6.45, 7) is 14.2. The molecule has 0 aliphatic carbocycles. The van der Waals surface area contributed by atoms with Crippen molar-refractivity contribution in [3.63, 3.8) is 0 Å². The van der Waals surface area contributed by atoms with E-state index in [4.69, 9.17) is 50.0 Å². The molecule has 0 saturated carbocycles. The predicted octanol–water partition coefficient (Wildman–Crippen LogP) is 9.07. The number of nitrogens with zero attached hydrogens (tertiary/aromatic N) is 7. The lowest BCUT2D eigenvalue weighted by molar-refractivity contribution is 0.00771. The van der Waals surface area contributed by atoms with E-state index < -0.39 is 11.7 Å². The number of nitriles is 1. The molecule has 14 nitrogen and oxygen atoms in total. The molecule has 1 unspecified atom stereocenters. The van der Waals surface area contributed by atoms with E-state index in [0.29, 0.717) is 96.5 Å². The fourth-order valence-corrected chi connectivity index (χ4v) is 10.1. The lowest BCUT2D eigenvalue weighted by atomic mass is 10.0. The number of anilines is 2. The first-order valence-corrected chi connectivity index (χ1v) is 24.6. The van der Waals surface area contributed by atoms with Crippen LogP contribution < -0.4 is 19.3 Å². The van der Waals surface area contributed by atoms with Crippen LogP contribution in [0, 0.1) is 11.3 Å². The smallest absolute Gasteiger partial charge is 0.410 e. The largest absolute Gasteiger partial charge is 0.489 e. The molecule has 1 aromatic heterocycles. The third-order valence-electron chi connectivity index (χ3n) is 11.7. The van der Waals surface area contributed by atoms with Crippen molar-refractivity contribution < 1.29 is 33.2 Å². The number of benzene rings is 3. The Morgan fingerprint density at radius 3 is 2.29 bits per heavy atom. The summed E-state index contributed by atoms with van der Waals surface area (Å²) in [5.41, 5.74) is 2.39. The Bertz CT molecular complexity index is 2240. The van der Waals surface area contributed by atoms with Crippen LogP contribution in [0.4, 0.5) is 16.3 Å². The zero-order chi connectivity index (χ0) is 45.8. The van der Waals surface area contributed by atoms with Crippen LogP contribution in [0.3, 0.4) is 0 Å². The van der Waals surface area contributed by atoms with E-state index >= 15 is 0 Å². The number of piperazine rings is 1. The molecule has 4 heterocycles. The second-order valence-electron chi connectivity index (χ2n) is 17.4. The van der Waals surface area contributed by atoms with Crippen molar-refractivity contribution in [2.45, 2.75) is 77.1 Å². The number of carbonyl (C=O) groups is 1. The average molecular weight is 1040 g/mol. The van der Waals surface area contributed by atoms with E-state index in [1.54, 1.807) is 4.90 Å². The first kappa shape index (κ1) is 49.0. The van der Waals surface area contributed by atoms with E-state index in [-0.39, 0.29) is 18.5 Å². The van der Waals surface area contributed by atoms with Crippen LogP contribution in [0.2, 0.25) is 5.02 Å². The fourth-order valence-electron chi connectivity index (χ4n) is 8.63. The Kier molecular flexibility index (Phi) is 17.8. The average Bonchev–Trinajstić information content (AvgIpc) is 3.74. The predicted molar refractivity (Wildman–Crippen MR) is 259 cm³/mol. The van der Waals surface area contributed by atoms with Crippen molar-refractivity contribution in [1.29, 1.82) is 5.26 Å². The van der Waals surface area contributed by atoms with Crippen molar-refractivity contribution in [3.8, 4) is 17.8 Å². The van der Waals surface area contributed by atoms with Gasteiger partial charge in [-0.15, -0.1) is 0 Å². The number of likely N-dealkylation sites (tertiary alicyclic amines) is 1. The van der Waals surface area contributed by atoms with Gasteiger partial charge in [-0.05, 0) is 115 Å². The Hall–Kier alpha value is -3.95. The molecule has 3 aliphatic heterocycles. The lowest BCUT2D eigenvalue weighted by Gasteiger charge is -2.42. The topological polar surface area (TPSA) is 135 Å². The van der Waals surface area contributed by atoms with Gasteiger partial charge in [-0.3, -0.25) is 4.90 Å². The van der Waals surface area contributed by atoms with Gasteiger partial charge in [-0.2, -0.15) is 15.2 Å². The molecule has 17 heteroatoms. The molecule has 2 fully saturated rings. The standard InChI is InChI=1S/C48H60Br2ClN7O7/c1-48(2,3)65-47(59)58-23-22-57(31-35(58)16-18-52)45-37-17-21-56(42-15-5-10-34-9-4-14-40(51)43(34)42)32-41(37)53-46(54-45)64-33-36-11-7-19-55(36)20-8-24-60-25-26-61-27-28-62-29-30-63-44-38(49)12-6-13-39(44)50/h4-6,9-10,12-15,35-36H,7-8,11,16-17,19-33H2,1-3H3/t35-,36?/m0/s1. The lowest BCUT2D eigenvalue weighted by Crippen LogP contribution is -2.56. The van der Waals surface area contributed by atoms with Gasteiger partial charge in [0.25, 0.3) is 0 Å². The molecule has 2 atom stereocenters. The van der Waals surface area contributed by atoms with Gasteiger partial charge in [-0.25, -0.2) is 4.79 Å². The number of hydrogen-bond acceptors (Lipinski definition) is 13. The maximum atomic E-state index is 13.3. The highest BCUT2D eigenvalue weighted by molar-refractivity contribution is 9.11. The normalized spacial score (nSPS) is 17.9. The van der Waals surface area contributed by atoms with Crippen LogP contribution in [0.15, 0.2) is 63.5 Å². The van der Waals surface area contributed by atoms with Crippen molar-refractivity contribution in [3.05, 3.63) is 79.8 Å². The zero-order valence-corrected chi connectivity index (χ0v) is 41.5. The van der Waals surface area contributed by atoms with Crippen molar-refractivity contribution in [1.82, 2.24) is 19.8 Å². The number of ether oxygens (including phenoxy) is 6. The number of para-hydroxylation sites is 1. The number of amides is 1. The van der Waals surface area contributed by atoms with Crippen molar-refractivity contribution in [2.24, 2.45) is 0 Å². The van der Waals surface area contributed by atoms with Gasteiger partial charge in [0.1, 0.15) is 30.4 Å². The molecule has 3 aliphatic rings. The number of hydrogen-bond donors (Lipinski definition) is 0. The van der Waals surface area contributed by atoms with E-state index in [2.05, 4.69) is 76.9 Å². The van der Waals surface area contributed by atoms with Crippen molar-refractivity contribution in [2.75, 3.05) is 102 Å². The minimum atomic E-state index is -0.643. The summed E-state index contributed by atoms with van der Waals surface area (Å²) in [6, 6.07) is 20.6. The Morgan fingerprint density at radius 1 is 0.846 bits per heavy atom. The van der Waals surface area contributed by atoms with Crippen LogP contribution in [0.5, 0.6) is 11.8 Å². The van der Waals surface area contributed by atoms with Gasteiger partial charge >= 0.3 is 12.1 Å². The molecule has 7 rings (SSSR count). The van der Waals surface area contributed by atoms with Gasteiger partial charge in [0.15, 0.2) is 0 Å². The summed E-state index contributed by atoms with van der Waals surface area (Å²) in [7, 11) is 0. The maximum Gasteiger partial charge on any atom is 0.410 e. The minimum absolute atomic E-state index is 0.179. The Balaban J connectivity index is 0.924. The highest BCUT2D eigenvalue weighted by Gasteiger charge is 2.36. The summed E-state index contributed by atoms with van der Waals surface area (Å²) in [5, 5.41) is 12.6. The molecule has 2 saturated heterocycles. The summed E-state index contributed by atoms with van der Waals surface area (Å²) >= 11 is 13.8. The molecule has 0 bridgehead atoms. The summed E-state index contributed by atoms with van der Waals surface area (Å²) in [4.78, 5) is 32.2. The fraction of sp³-hybridized carbons (Fsp3) is 0.542. The molecule has 65 heavy (non-hydrogen) atoms. The number of rotatable bonds is 20. The first-order valence-electron chi connectivity index (χ1n) is 22.6. The van der Waals surface area contributed by atoms with E-state index in [9.17, 15) is 10.1 Å². The summed E-state index contributed by atoms with van der Waals surface area (Å²) < 4.78 is 37.1. The van der Waals surface area contributed by atoms with E-state index in [0.717, 1.165) is 87.1 Å². The molecule has 350 valence electrons. The van der Waals surface area contributed by atoms with Crippen LogP contribution >= 0.6 is 43.5 Å². The minimum Gasteiger partial charge on any atom is -0.489 e. The Labute approximate surface area is 404 Å². The van der Waals surface area contributed by atoms with Gasteiger partial charge in [0.05, 0.1) is 77.8 Å². The first-order chi connectivity index (χ1) is 31.5. The SMILES string of the molecule is CC(C)(C)OC(=O)N1CCN(c2nc(OCC3CCCN3CCCOCCOCCOCCOc3c(Br)cccc3Br)nc3c2CCN(c2cccc4cccc(Cl)c24)C3)C[C@@H]1CC#N. The highest BCUT2D eigenvalue weighted by atomic mass is 79.9. The number of fused-ring (bicyclic) bond motifs is 2. The molecule has 0 spiro atoms. The summed E-state index contributed by atoms with van der Waals surface area (Å²) in [6.07, 6.45) is 3.51. The van der Waals surface area contributed by atoms with Gasteiger partial charge < -0.3 is 43.1 Å². The third-order valence-corrected chi connectivity index (χ3v) is 13.3. The van der Waals surface area contributed by atoms with Crippen LogP contribution in [-0.2, 0) is 31.9 Å². The van der Waals surface area contributed by atoms with Crippen LogP contribution in [0.1, 0.15) is 57.7 Å². The van der Waals surface area contributed by atoms with Crippen LogP contribution in [-0.4, -0.2) is 136 Å². The van der Waals surface area contributed by atoms with Gasteiger partial charge in [-0.1, -0.05) is 41.9 Å². The van der Waals surface area contributed by atoms with E-state index in [1.807, 2.05) is 51.1 Å². The Morgan fingerprint density at radius 2 is 1.55 bits per heavy atom. The second kappa shape index (κ2) is 23.7. The number of aromatic nitrogens is 2. The third kappa shape index (κ3) is 13.4. The number of carbonyl (C=O) groups excluding carboxylic acids is 1. The van der Waals surface area contributed by atoms with Crippen molar-refractivity contribution >= 4 is 71.8 Å². The highest BCUT2D eigenvalue weighted by Crippen LogP contribution is 2.38. The van der Waals surface area contributed by atoms with Gasteiger partial charge in [0.2, 0.25) is 0 Å². The van der Waals surface area contributed by atoms with E-state index in [1.165, 1.54) is 0 Å².